The first-order chi connectivity index (χ1) is 7.95. The maximum absolute atomic E-state index is 12.1. The van der Waals surface area contributed by atoms with Gasteiger partial charge in [0.15, 0.2) is 0 Å². The van der Waals surface area contributed by atoms with E-state index in [0.29, 0.717) is 6.54 Å². The Hall–Kier alpha value is -1.64. The van der Waals surface area contributed by atoms with Crippen LogP contribution in [0.1, 0.15) is 26.3 Å². The minimum atomic E-state index is -0.461. The van der Waals surface area contributed by atoms with Gasteiger partial charge in [0.2, 0.25) is 5.91 Å². The summed E-state index contributed by atoms with van der Waals surface area (Å²) in [6, 6.07) is 9.69. The van der Waals surface area contributed by atoms with Crippen molar-refractivity contribution in [2.45, 2.75) is 27.3 Å². The number of hydrogen-bond donors (Lipinski definition) is 0. The molecule has 3 nitrogen and oxygen atoms in total. The molecule has 1 aromatic rings. The average molecular weight is 233 g/mol. The first-order valence-electron chi connectivity index (χ1n) is 5.72. The molecule has 0 spiro atoms. The number of nitrogens with zero attached hydrogens (tertiary/aromatic N) is 1. The number of rotatable bonds is 4. The summed E-state index contributed by atoms with van der Waals surface area (Å²) < 4.78 is 0. The van der Waals surface area contributed by atoms with E-state index in [4.69, 9.17) is 0 Å². The molecule has 0 aliphatic rings. The molecule has 0 bridgehead atoms. The summed E-state index contributed by atoms with van der Waals surface area (Å²) in [5.41, 5.74) is 0.574. The lowest BCUT2D eigenvalue weighted by Crippen LogP contribution is -2.40. The first-order valence-corrected chi connectivity index (χ1v) is 5.72. The molecule has 0 saturated carbocycles. The molecule has 1 rings (SSSR count). The van der Waals surface area contributed by atoms with Crippen LogP contribution in [0.4, 0.5) is 0 Å². The highest BCUT2D eigenvalue weighted by Crippen LogP contribution is 2.18. The molecule has 0 aromatic heterocycles. The predicted molar refractivity (Wildman–Crippen MR) is 67.4 cm³/mol. The van der Waals surface area contributed by atoms with Crippen LogP contribution in [-0.2, 0) is 16.1 Å². The monoisotopic (exact) mass is 233 g/mol. The van der Waals surface area contributed by atoms with E-state index in [1.807, 2.05) is 51.1 Å². The third-order valence-corrected chi connectivity index (χ3v) is 2.44. The van der Waals surface area contributed by atoms with Gasteiger partial charge in [0.25, 0.3) is 0 Å². The van der Waals surface area contributed by atoms with E-state index in [1.54, 1.807) is 4.90 Å². The van der Waals surface area contributed by atoms with E-state index in [-0.39, 0.29) is 12.5 Å². The van der Waals surface area contributed by atoms with Gasteiger partial charge in [-0.05, 0) is 5.56 Å². The fourth-order valence-electron chi connectivity index (χ4n) is 1.59. The second kappa shape index (κ2) is 5.62. The van der Waals surface area contributed by atoms with Gasteiger partial charge in [-0.3, -0.25) is 4.79 Å². The molecule has 1 aromatic carbocycles. The molecule has 0 radical (unpaired) electrons. The summed E-state index contributed by atoms with van der Waals surface area (Å²) in [5, 5.41) is 0. The molecule has 0 aliphatic heterocycles. The molecule has 0 aliphatic carbocycles. The number of carbonyl (C=O) groups is 2. The van der Waals surface area contributed by atoms with E-state index in [1.165, 1.54) is 0 Å². The van der Waals surface area contributed by atoms with Crippen molar-refractivity contribution in [3.63, 3.8) is 0 Å². The van der Waals surface area contributed by atoms with Crippen molar-refractivity contribution in [1.29, 1.82) is 0 Å². The maximum atomic E-state index is 12.1. The Balaban J connectivity index is 2.80. The summed E-state index contributed by atoms with van der Waals surface area (Å²) >= 11 is 0. The number of amides is 1. The predicted octanol–water partition coefficient (Wildman–Crippen LogP) is 2.26. The molecule has 0 atom stereocenters. The number of carbonyl (C=O) groups excluding carboxylic acids is 2. The fraction of sp³-hybridized carbons (Fsp3) is 0.429. The van der Waals surface area contributed by atoms with Gasteiger partial charge in [-0.25, -0.2) is 0 Å². The molecule has 0 saturated heterocycles. The van der Waals surface area contributed by atoms with Gasteiger partial charge in [-0.1, -0.05) is 51.1 Å². The lowest BCUT2D eigenvalue weighted by Gasteiger charge is -2.28. The largest absolute Gasteiger partial charge is 0.331 e. The van der Waals surface area contributed by atoms with Gasteiger partial charge in [-0.15, -0.1) is 0 Å². The van der Waals surface area contributed by atoms with E-state index < -0.39 is 5.41 Å². The number of aldehydes is 1. The standard InChI is InChI=1S/C14H19NO2/c1-14(2,3)13(17)15(9-10-16)11-12-7-5-4-6-8-12/h4-8,10H,9,11H2,1-3H3. The van der Waals surface area contributed by atoms with Crippen molar-refractivity contribution in [1.82, 2.24) is 4.90 Å². The van der Waals surface area contributed by atoms with Crippen LogP contribution in [0.5, 0.6) is 0 Å². The van der Waals surface area contributed by atoms with Crippen LogP contribution in [0.3, 0.4) is 0 Å². The van der Waals surface area contributed by atoms with Crippen molar-refractivity contribution in [3.05, 3.63) is 35.9 Å². The van der Waals surface area contributed by atoms with Gasteiger partial charge < -0.3 is 9.69 Å². The van der Waals surface area contributed by atoms with Crippen molar-refractivity contribution >= 4 is 12.2 Å². The Kier molecular flexibility index (Phi) is 4.44. The second-order valence-electron chi connectivity index (χ2n) is 5.09. The molecule has 3 heteroatoms. The zero-order chi connectivity index (χ0) is 12.9. The Morgan fingerprint density at radius 3 is 2.29 bits per heavy atom. The second-order valence-corrected chi connectivity index (χ2v) is 5.09. The summed E-state index contributed by atoms with van der Waals surface area (Å²) in [6.07, 6.45) is 0.770. The van der Waals surface area contributed by atoms with Crippen molar-refractivity contribution in [2.75, 3.05) is 6.54 Å². The van der Waals surface area contributed by atoms with E-state index in [9.17, 15) is 9.59 Å². The maximum Gasteiger partial charge on any atom is 0.228 e. The Morgan fingerprint density at radius 2 is 1.82 bits per heavy atom. The van der Waals surface area contributed by atoms with Crippen molar-refractivity contribution < 1.29 is 9.59 Å². The smallest absolute Gasteiger partial charge is 0.228 e. The zero-order valence-electron chi connectivity index (χ0n) is 10.6. The number of benzene rings is 1. The molecular formula is C14H19NO2. The summed E-state index contributed by atoms with van der Waals surface area (Å²) in [5.74, 6) is -0.00606. The van der Waals surface area contributed by atoms with E-state index in [2.05, 4.69) is 0 Å². The highest BCUT2D eigenvalue weighted by Gasteiger charge is 2.26. The zero-order valence-corrected chi connectivity index (χ0v) is 10.6. The lowest BCUT2D eigenvalue weighted by atomic mass is 9.94. The van der Waals surface area contributed by atoms with Gasteiger partial charge >= 0.3 is 0 Å². The van der Waals surface area contributed by atoms with Crippen LogP contribution in [0.2, 0.25) is 0 Å². The van der Waals surface area contributed by atoms with Gasteiger partial charge in [0.05, 0.1) is 6.54 Å². The first kappa shape index (κ1) is 13.4. The Bertz CT molecular complexity index is 379. The van der Waals surface area contributed by atoms with Gasteiger partial charge in [-0.2, -0.15) is 0 Å². The Morgan fingerprint density at radius 1 is 1.24 bits per heavy atom. The van der Waals surface area contributed by atoms with Gasteiger partial charge in [0, 0.05) is 12.0 Å². The van der Waals surface area contributed by atoms with Crippen LogP contribution >= 0.6 is 0 Å². The minimum Gasteiger partial charge on any atom is -0.331 e. The SMILES string of the molecule is CC(C)(C)C(=O)N(CC=O)Cc1ccccc1. The molecule has 0 fully saturated rings. The number of hydrogen-bond acceptors (Lipinski definition) is 2. The topological polar surface area (TPSA) is 37.4 Å². The Labute approximate surface area is 102 Å². The van der Waals surface area contributed by atoms with Crippen LogP contribution in [0.25, 0.3) is 0 Å². The van der Waals surface area contributed by atoms with E-state index in [0.717, 1.165) is 11.8 Å². The molecule has 1 amide bonds. The highest BCUT2D eigenvalue weighted by atomic mass is 16.2. The molecule has 17 heavy (non-hydrogen) atoms. The highest BCUT2D eigenvalue weighted by molar-refractivity contribution is 5.83. The quantitative estimate of drug-likeness (QED) is 0.748. The van der Waals surface area contributed by atoms with Crippen LogP contribution in [0, 0.1) is 5.41 Å². The normalized spacial score (nSPS) is 11.0. The molecular weight excluding hydrogens is 214 g/mol. The summed E-state index contributed by atoms with van der Waals surface area (Å²) in [4.78, 5) is 24.4. The third kappa shape index (κ3) is 4.02. The van der Waals surface area contributed by atoms with Crippen LogP contribution < -0.4 is 0 Å². The average Bonchev–Trinajstić information content (AvgIpc) is 2.28. The minimum absolute atomic E-state index is 0.00606. The molecule has 0 N–H and O–H groups in total. The third-order valence-electron chi connectivity index (χ3n) is 2.44. The fourth-order valence-corrected chi connectivity index (χ4v) is 1.59. The van der Waals surface area contributed by atoms with Crippen molar-refractivity contribution in [3.8, 4) is 0 Å². The lowest BCUT2D eigenvalue weighted by molar-refractivity contribution is -0.141. The summed E-state index contributed by atoms with van der Waals surface area (Å²) in [7, 11) is 0. The van der Waals surface area contributed by atoms with Crippen LogP contribution in [0.15, 0.2) is 30.3 Å². The molecule has 0 heterocycles. The molecule has 92 valence electrons. The summed E-state index contributed by atoms with van der Waals surface area (Å²) in [6.45, 7) is 6.20. The van der Waals surface area contributed by atoms with Gasteiger partial charge in [0.1, 0.15) is 6.29 Å². The van der Waals surface area contributed by atoms with Crippen LogP contribution in [-0.4, -0.2) is 23.6 Å². The molecule has 0 unspecified atom stereocenters. The van der Waals surface area contributed by atoms with Crippen molar-refractivity contribution in [2.24, 2.45) is 5.41 Å². The van der Waals surface area contributed by atoms with E-state index >= 15 is 0 Å².